The summed E-state index contributed by atoms with van der Waals surface area (Å²) in [5.41, 5.74) is 2.32. The molecule has 130 valence electrons. The lowest BCUT2D eigenvalue weighted by molar-refractivity contribution is 0.102. The van der Waals surface area contributed by atoms with Gasteiger partial charge in [-0.05, 0) is 35.9 Å². The van der Waals surface area contributed by atoms with Gasteiger partial charge in [-0.2, -0.15) is 0 Å². The minimum atomic E-state index is -3.58. The van der Waals surface area contributed by atoms with Gasteiger partial charge >= 0.3 is 0 Å². The molecular formula is C17H17N3O4S. The third-order valence-electron chi connectivity index (χ3n) is 3.65. The third-order valence-corrected chi connectivity index (χ3v) is 4.39. The van der Waals surface area contributed by atoms with Gasteiger partial charge in [-0.1, -0.05) is 12.1 Å². The van der Waals surface area contributed by atoms with Crippen molar-refractivity contribution in [3.8, 4) is 5.75 Å². The first-order valence-electron chi connectivity index (χ1n) is 7.41. The molecule has 8 heteroatoms. The summed E-state index contributed by atoms with van der Waals surface area (Å²) in [6.07, 6.45) is 0. The SMILES string of the molecule is COc1ccc2cc(C(=O)Nc3ccc(CS(N)(=O)=O)cc3)[nH]c2c1. The van der Waals surface area contributed by atoms with Gasteiger partial charge in [0.2, 0.25) is 10.0 Å². The highest BCUT2D eigenvalue weighted by molar-refractivity contribution is 7.88. The number of carbonyl (C=O) groups is 1. The Morgan fingerprint density at radius 3 is 2.52 bits per heavy atom. The van der Waals surface area contributed by atoms with Crippen LogP contribution in [-0.4, -0.2) is 26.4 Å². The van der Waals surface area contributed by atoms with E-state index in [-0.39, 0.29) is 11.7 Å². The molecule has 0 radical (unpaired) electrons. The van der Waals surface area contributed by atoms with Crippen LogP contribution in [0.3, 0.4) is 0 Å². The number of benzene rings is 2. The Balaban J connectivity index is 1.75. The fourth-order valence-electron chi connectivity index (χ4n) is 2.47. The number of sulfonamides is 1. The van der Waals surface area contributed by atoms with Crippen molar-refractivity contribution >= 4 is 32.5 Å². The van der Waals surface area contributed by atoms with Crippen LogP contribution in [-0.2, 0) is 15.8 Å². The number of methoxy groups -OCH3 is 1. The average molecular weight is 359 g/mol. The minimum absolute atomic E-state index is 0.245. The number of hydrogen-bond donors (Lipinski definition) is 3. The van der Waals surface area contributed by atoms with Crippen LogP contribution in [0, 0.1) is 0 Å². The number of anilines is 1. The topological polar surface area (TPSA) is 114 Å². The summed E-state index contributed by atoms with van der Waals surface area (Å²) >= 11 is 0. The van der Waals surface area contributed by atoms with Crippen molar-refractivity contribution < 1.29 is 17.9 Å². The predicted molar refractivity (Wildman–Crippen MR) is 96.1 cm³/mol. The van der Waals surface area contributed by atoms with Crippen molar-refractivity contribution in [2.24, 2.45) is 5.14 Å². The Hall–Kier alpha value is -2.84. The van der Waals surface area contributed by atoms with Gasteiger partial charge in [-0.3, -0.25) is 4.79 Å². The molecule has 0 aliphatic rings. The van der Waals surface area contributed by atoms with Crippen LogP contribution in [0.5, 0.6) is 5.75 Å². The maximum atomic E-state index is 12.4. The molecule has 25 heavy (non-hydrogen) atoms. The molecule has 0 bridgehead atoms. The fourth-order valence-corrected chi connectivity index (χ4v) is 3.13. The first-order valence-corrected chi connectivity index (χ1v) is 9.13. The van der Waals surface area contributed by atoms with Crippen LogP contribution in [0.25, 0.3) is 10.9 Å². The van der Waals surface area contributed by atoms with Gasteiger partial charge < -0.3 is 15.0 Å². The van der Waals surface area contributed by atoms with E-state index in [4.69, 9.17) is 9.88 Å². The van der Waals surface area contributed by atoms with E-state index in [0.717, 1.165) is 10.9 Å². The molecule has 0 saturated heterocycles. The zero-order chi connectivity index (χ0) is 18.0. The van der Waals surface area contributed by atoms with E-state index in [2.05, 4.69) is 10.3 Å². The number of primary sulfonamides is 1. The Labute approximate surface area is 144 Å². The molecule has 0 atom stereocenters. The van der Waals surface area contributed by atoms with Crippen LogP contribution < -0.4 is 15.2 Å². The molecule has 0 saturated carbocycles. The zero-order valence-electron chi connectivity index (χ0n) is 13.4. The Morgan fingerprint density at radius 2 is 1.88 bits per heavy atom. The first kappa shape index (κ1) is 17.0. The lowest BCUT2D eigenvalue weighted by atomic mass is 10.2. The molecule has 3 rings (SSSR count). The number of rotatable bonds is 5. The van der Waals surface area contributed by atoms with Crippen molar-refractivity contribution in [3.05, 3.63) is 59.8 Å². The molecular weight excluding hydrogens is 342 g/mol. The van der Waals surface area contributed by atoms with Crippen molar-refractivity contribution in [1.82, 2.24) is 4.98 Å². The number of ether oxygens (including phenoxy) is 1. The Bertz CT molecular complexity index is 1020. The smallest absolute Gasteiger partial charge is 0.272 e. The number of fused-ring (bicyclic) bond motifs is 1. The van der Waals surface area contributed by atoms with Gasteiger partial charge in [-0.25, -0.2) is 13.6 Å². The lowest BCUT2D eigenvalue weighted by Crippen LogP contribution is -2.15. The van der Waals surface area contributed by atoms with E-state index >= 15 is 0 Å². The van der Waals surface area contributed by atoms with Gasteiger partial charge in [0.1, 0.15) is 11.4 Å². The van der Waals surface area contributed by atoms with Crippen LogP contribution in [0.15, 0.2) is 48.5 Å². The van der Waals surface area contributed by atoms with E-state index in [1.807, 2.05) is 18.2 Å². The molecule has 0 aliphatic carbocycles. The van der Waals surface area contributed by atoms with E-state index in [0.29, 0.717) is 22.7 Å². The number of nitrogens with one attached hydrogen (secondary N) is 2. The van der Waals surface area contributed by atoms with Gasteiger partial charge in [0.15, 0.2) is 0 Å². The second-order valence-electron chi connectivity index (χ2n) is 5.59. The number of aromatic nitrogens is 1. The molecule has 1 aromatic heterocycles. The number of nitrogens with two attached hydrogens (primary N) is 1. The maximum absolute atomic E-state index is 12.4. The third kappa shape index (κ3) is 4.17. The number of aromatic amines is 1. The van der Waals surface area contributed by atoms with Crippen molar-refractivity contribution in [3.63, 3.8) is 0 Å². The fraction of sp³-hybridized carbons (Fsp3) is 0.118. The molecule has 0 spiro atoms. The van der Waals surface area contributed by atoms with Crippen molar-refractivity contribution in [2.75, 3.05) is 12.4 Å². The van der Waals surface area contributed by atoms with Crippen LogP contribution in [0.1, 0.15) is 16.1 Å². The highest BCUT2D eigenvalue weighted by atomic mass is 32.2. The van der Waals surface area contributed by atoms with Gasteiger partial charge in [0.25, 0.3) is 5.91 Å². The summed E-state index contributed by atoms with van der Waals surface area (Å²) in [6.45, 7) is 0. The molecule has 0 fully saturated rings. The number of H-pyrrole nitrogens is 1. The molecule has 1 amide bonds. The zero-order valence-corrected chi connectivity index (χ0v) is 14.3. The summed E-state index contributed by atoms with van der Waals surface area (Å²) in [5.74, 6) is 0.159. The van der Waals surface area contributed by atoms with Gasteiger partial charge in [0.05, 0.1) is 12.9 Å². The van der Waals surface area contributed by atoms with Crippen LogP contribution in [0.4, 0.5) is 5.69 Å². The van der Waals surface area contributed by atoms with E-state index in [1.165, 1.54) is 0 Å². The van der Waals surface area contributed by atoms with Crippen molar-refractivity contribution in [2.45, 2.75) is 5.75 Å². The van der Waals surface area contributed by atoms with Gasteiger partial charge in [-0.15, -0.1) is 0 Å². The molecule has 0 unspecified atom stereocenters. The quantitative estimate of drug-likeness (QED) is 0.648. The second-order valence-corrected chi connectivity index (χ2v) is 7.21. The minimum Gasteiger partial charge on any atom is -0.497 e. The monoisotopic (exact) mass is 359 g/mol. The summed E-state index contributed by atoms with van der Waals surface area (Å²) < 4.78 is 27.3. The second kappa shape index (κ2) is 6.58. The Morgan fingerprint density at radius 1 is 1.16 bits per heavy atom. The number of hydrogen-bond acceptors (Lipinski definition) is 4. The first-order chi connectivity index (χ1) is 11.8. The Kier molecular flexibility index (Phi) is 4.47. The maximum Gasteiger partial charge on any atom is 0.272 e. The van der Waals surface area contributed by atoms with Crippen LogP contribution >= 0.6 is 0 Å². The predicted octanol–water partition coefficient (Wildman–Crippen LogP) is 2.22. The molecule has 1 heterocycles. The average Bonchev–Trinajstić information content (AvgIpc) is 2.98. The molecule has 0 aliphatic heterocycles. The molecule has 7 nitrogen and oxygen atoms in total. The van der Waals surface area contributed by atoms with E-state index in [9.17, 15) is 13.2 Å². The molecule has 4 N–H and O–H groups in total. The largest absolute Gasteiger partial charge is 0.497 e. The lowest BCUT2D eigenvalue weighted by Gasteiger charge is -2.05. The molecule has 3 aromatic rings. The number of carbonyl (C=O) groups excluding carboxylic acids is 1. The summed E-state index contributed by atoms with van der Waals surface area (Å²) in [7, 11) is -2.00. The highest BCUT2D eigenvalue weighted by Crippen LogP contribution is 2.22. The highest BCUT2D eigenvalue weighted by Gasteiger charge is 2.11. The van der Waals surface area contributed by atoms with E-state index in [1.54, 1.807) is 37.4 Å². The van der Waals surface area contributed by atoms with Gasteiger partial charge in [0, 0.05) is 22.7 Å². The van der Waals surface area contributed by atoms with Crippen molar-refractivity contribution in [1.29, 1.82) is 0 Å². The standard InChI is InChI=1S/C17H17N3O4S/c1-24-14-7-4-12-8-16(20-15(12)9-14)17(21)19-13-5-2-11(3-6-13)10-25(18,22)23/h2-9,20H,10H2,1H3,(H,19,21)(H2,18,22,23). The normalized spacial score (nSPS) is 11.4. The summed E-state index contributed by atoms with van der Waals surface area (Å²) in [4.78, 5) is 15.4. The van der Waals surface area contributed by atoms with Crippen LogP contribution in [0.2, 0.25) is 0 Å². The van der Waals surface area contributed by atoms with E-state index < -0.39 is 10.0 Å². The number of amides is 1. The summed E-state index contributed by atoms with van der Waals surface area (Å²) in [5, 5.41) is 8.66. The molecule has 2 aromatic carbocycles. The summed E-state index contributed by atoms with van der Waals surface area (Å²) in [6, 6.07) is 13.7.